The molecule has 1 aliphatic heterocycles. The average Bonchev–Trinajstić information content (AvgIpc) is 2.60. The molecule has 0 radical (unpaired) electrons. The number of ether oxygens (including phenoxy) is 1. The number of nitrogens with one attached hydrogen (secondary N) is 1. The van der Waals surface area contributed by atoms with E-state index in [2.05, 4.69) is 5.32 Å². The first kappa shape index (κ1) is 9.34. The largest absolute Gasteiger partial charge is 0.496 e. The Bertz CT molecular complexity index is 336. The van der Waals surface area contributed by atoms with Crippen molar-refractivity contribution in [1.82, 2.24) is 0 Å². The summed E-state index contributed by atoms with van der Waals surface area (Å²) in [5.41, 5.74) is 2.18. The summed E-state index contributed by atoms with van der Waals surface area (Å²) in [5.74, 6) is 1.000. The van der Waals surface area contributed by atoms with E-state index < -0.39 is 0 Å². The van der Waals surface area contributed by atoms with E-state index in [0.717, 1.165) is 23.5 Å². The van der Waals surface area contributed by atoms with Crippen molar-refractivity contribution in [2.45, 2.75) is 18.9 Å². The molecule has 0 fully saturated rings. The van der Waals surface area contributed by atoms with Gasteiger partial charge in [-0.05, 0) is 19.1 Å². The van der Waals surface area contributed by atoms with E-state index in [-0.39, 0.29) is 12.0 Å². The molecular formula is C11H15NO2. The summed E-state index contributed by atoms with van der Waals surface area (Å²) < 4.78 is 5.29. The van der Waals surface area contributed by atoms with Crippen LogP contribution in [0.25, 0.3) is 0 Å². The molecule has 0 amide bonds. The summed E-state index contributed by atoms with van der Waals surface area (Å²) in [6.07, 6.45) is -0.347. The molecule has 0 saturated carbocycles. The molecule has 1 heterocycles. The zero-order chi connectivity index (χ0) is 10.1. The fourth-order valence-electron chi connectivity index (χ4n) is 1.99. The second-order valence-electron chi connectivity index (χ2n) is 3.65. The zero-order valence-corrected chi connectivity index (χ0v) is 8.45. The molecule has 3 nitrogen and oxygen atoms in total. The van der Waals surface area contributed by atoms with Crippen molar-refractivity contribution in [3.05, 3.63) is 23.8 Å². The minimum absolute atomic E-state index is 0.140. The van der Waals surface area contributed by atoms with Crippen LogP contribution >= 0.6 is 0 Å². The van der Waals surface area contributed by atoms with Gasteiger partial charge >= 0.3 is 0 Å². The van der Waals surface area contributed by atoms with Crippen molar-refractivity contribution in [1.29, 1.82) is 0 Å². The number of aliphatic hydroxyl groups is 1. The summed E-state index contributed by atoms with van der Waals surface area (Å²) >= 11 is 0. The number of hydrogen-bond donors (Lipinski definition) is 2. The van der Waals surface area contributed by atoms with Crippen molar-refractivity contribution in [2.24, 2.45) is 0 Å². The van der Waals surface area contributed by atoms with Crippen LogP contribution in [0, 0.1) is 0 Å². The summed E-state index contributed by atoms with van der Waals surface area (Å²) in [7, 11) is 1.66. The first-order valence-corrected chi connectivity index (χ1v) is 4.83. The third kappa shape index (κ3) is 1.34. The Balaban J connectivity index is 2.45. The van der Waals surface area contributed by atoms with Gasteiger partial charge in [0.25, 0.3) is 0 Å². The molecule has 0 bridgehead atoms. The molecule has 2 unspecified atom stereocenters. The second-order valence-corrected chi connectivity index (χ2v) is 3.65. The quantitative estimate of drug-likeness (QED) is 0.749. The van der Waals surface area contributed by atoms with Crippen molar-refractivity contribution in [3.63, 3.8) is 0 Å². The zero-order valence-electron chi connectivity index (χ0n) is 8.45. The van der Waals surface area contributed by atoms with Crippen LogP contribution in [0.4, 0.5) is 5.69 Å². The van der Waals surface area contributed by atoms with Crippen LogP contribution in [0.3, 0.4) is 0 Å². The molecule has 1 aliphatic rings. The van der Waals surface area contributed by atoms with Crippen LogP contribution in [0.2, 0.25) is 0 Å². The molecule has 14 heavy (non-hydrogen) atoms. The number of benzene rings is 1. The van der Waals surface area contributed by atoms with Gasteiger partial charge in [0.15, 0.2) is 0 Å². The summed E-state index contributed by atoms with van der Waals surface area (Å²) in [6.45, 7) is 2.60. The molecule has 2 atom stereocenters. The molecule has 1 aromatic carbocycles. The Labute approximate surface area is 83.7 Å². The smallest absolute Gasteiger partial charge is 0.124 e. The third-order valence-electron chi connectivity index (χ3n) is 2.75. The van der Waals surface area contributed by atoms with Gasteiger partial charge in [-0.2, -0.15) is 0 Å². The predicted molar refractivity (Wildman–Crippen MR) is 55.9 cm³/mol. The van der Waals surface area contributed by atoms with E-state index in [9.17, 15) is 5.11 Å². The maximum atomic E-state index is 9.62. The van der Waals surface area contributed by atoms with Gasteiger partial charge in [-0.1, -0.05) is 6.07 Å². The lowest BCUT2D eigenvalue weighted by molar-refractivity contribution is 0.168. The Morgan fingerprint density at radius 3 is 3.00 bits per heavy atom. The summed E-state index contributed by atoms with van der Waals surface area (Å²) in [4.78, 5) is 0. The van der Waals surface area contributed by atoms with E-state index in [0.29, 0.717) is 0 Å². The molecular weight excluding hydrogens is 178 g/mol. The molecule has 1 aromatic rings. The normalized spacial score (nSPS) is 21.2. The fourth-order valence-corrected chi connectivity index (χ4v) is 1.99. The Morgan fingerprint density at radius 2 is 2.36 bits per heavy atom. The first-order valence-electron chi connectivity index (χ1n) is 4.83. The predicted octanol–water partition coefficient (Wildman–Crippen LogP) is 1.59. The number of anilines is 1. The molecule has 76 valence electrons. The van der Waals surface area contributed by atoms with Gasteiger partial charge in [0, 0.05) is 23.7 Å². The average molecular weight is 193 g/mol. The number of rotatable bonds is 2. The van der Waals surface area contributed by atoms with E-state index in [1.54, 1.807) is 7.11 Å². The van der Waals surface area contributed by atoms with Crippen LogP contribution in [0.1, 0.15) is 18.4 Å². The highest BCUT2D eigenvalue weighted by molar-refractivity contribution is 5.63. The topological polar surface area (TPSA) is 41.5 Å². The third-order valence-corrected chi connectivity index (χ3v) is 2.75. The standard InChI is InChI=1S/C11H15NO2/c1-7(13)8-6-12-9-4-3-5-10(14-2)11(8)9/h3-5,7-8,12-13H,6H2,1-2H3. The molecule has 0 aliphatic carbocycles. The first-order chi connectivity index (χ1) is 6.74. The van der Waals surface area contributed by atoms with Gasteiger partial charge in [0.2, 0.25) is 0 Å². The lowest BCUT2D eigenvalue weighted by Crippen LogP contribution is -2.16. The van der Waals surface area contributed by atoms with Gasteiger partial charge in [0.05, 0.1) is 13.2 Å². The van der Waals surface area contributed by atoms with Crippen LogP contribution < -0.4 is 10.1 Å². The van der Waals surface area contributed by atoms with Crippen molar-refractivity contribution >= 4 is 5.69 Å². The van der Waals surface area contributed by atoms with Crippen LogP contribution in [-0.2, 0) is 0 Å². The number of fused-ring (bicyclic) bond motifs is 1. The highest BCUT2D eigenvalue weighted by atomic mass is 16.5. The molecule has 2 N–H and O–H groups in total. The lowest BCUT2D eigenvalue weighted by atomic mass is 9.95. The number of aliphatic hydroxyl groups excluding tert-OH is 1. The van der Waals surface area contributed by atoms with E-state index >= 15 is 0 Å². The minimum Gasteiger partial charge on any atom is -0.496 e. The van der Waals surface area contributed by atoms with Crippen LogP contribution in [0.5, 0.6) is 5.75 Å². The highest BCUT2D eigenvalue weighted by Gasteiger charge is 2.28. The summed E-state index contributed by atoms with van der Waals surface area (Å²) in [5, 5.41) is 12.9. The minimum atomic E-state index is -0.347. The van der Waals surface area contributed by atoms with E-state index in [1.807, 2.05) is 25.1 Å². The molecule has 0 saturated heterocycles. The molecule has 3 heteroatoms. The van der Waals surface area contributed by atoms with E-state index in [1.165, 1.54) is 0 Å². The van der Waals surface area contributed by atoms with E-state index in [4.69, 9.17) is 4.74 Å². The van der Waals surface area contributed by atoms with Crippen molar-refractivity contribution in [2.75, 3.05) is 19.0 Å². The van der Waals surface area contributed by atoms with Crippen molar-refractivity contribution in [3.8, 4) is 5.75 Å². The summed E-state index contributed by atoms with van der Waals surface area (Å²) in [6, 6.07) is 5.90. The van der Waals surface area contributed by atoms with Gasteiger partial charge < -0.3 is 15.2 Å². The lowest BCUT2D eigenvalue weighted by Gasteiger charge is -2.15. The Kier molecular flexibility index (Phi) is 2.33. The fraction of sp³-hybridized carbons (Fsp3) is 0.455. The monoisotopic (exact) mass is 193 g/mol. The Morgan fingerprint density at radius 1 is 1.57 bits per heavy atom. The Hall–Kier alpha value is -1.22. The van der Waals surface area contributed by atoms with Gasteiger partial charge in [0.1, 0.15) is 5.75 Å². The SMILES string of the molecule is COc1cccc2c1C(C(C)O)CN2. The molecule has 2 rings (SSSR count). The number of hydrogen-bond acceptors (Lipinski definition) is 3. The maximum absolute atomic E-state index is 9.62. The van der Waals surface area contributed by atoms with Gasteiger partial charge in [-0.3, -0.25) is 0 Å². The van der Waals surface area contributed by atoms with Crippen LogP contribution in [0.15, 0.2) is 18.2 Å². The molecule has 0 spiro atoms. The highest BCUT2D eigenvalue weighted by Crippen LogP contribution is 2.39. The van der Waals surface area contributed by atoms with Crippen molar-refractivity contribution < 1.29 is 9.84 Å². The second kappa shape index (κ2) is 3.50. The maximum Gasteiger partial charge on any atom is 0.124 e. The van der Waals surface area contributed by atoms with Crippen LogP contribution in [-0.4, -0.2) is 24.9 Å². The molecule has 0 aromatic heterocycles. The van der Waals surface area contributed by atoms with Gasteiger partial charge in [-0.25, -0.2) is 0 Å². The number of methoxy groups -OCH3 is 1. The van der Waals surface area contributed by atoms with Gasteiger partial charge in [-0.15, -0.1) is 0 Å².